The molecule has 0 saturated heterocycles. The number of unbranched alkanes of at least 4 members (excludes halogenated alkanes) is 1. The van der Waals surface area contributed by atoms with Crippen molar-refractivity contribution < 1.29 is 33.2 Å². The van der Waals surface area contributed by atoms with Crippen molar-refractivity contribution in [1.82, 2.24) is 0 Å². The van der Waals surface area contributed by atoms with Gasteiger partial charge in [-0.1, -0.05) is 72.8 Å². The van der Waals surface area contributed by atoms with Gasteiger partial charge in [0.2, 0.25) is 0 Å². The molecule has 0 aromatic heterocycles. The Morgan fingerprint density at radius 1 is 0.800 bits per heavy atom. The van der Waals surface area contributed by atoms with Gasteiger partial charge in [-0.2, -0.15) is 0 Å². The fourth-order valence-corrected chi connectivity index (χ4v) is 5.43. The van der Waals surface area contributed by atoms with E-state index in [4.69, 9.17) is 28.4 Å². The third-order valence-electron chi connectivity index (χ3n) is 7.64. The molecular weight excluding hydrogens is 568 g/mol. The first-order valence-electron chi connectivity index (χ1n) is 15.2. The molecule has 45 heavy (non-hydrogen) atoms. The molecule has 0 saturated carbocycles. The Bertz CT molecular complexity index is 1600. The maximum atomic E-state index is 13.6. The number of carbonyl (C=O) groups excluding carboxylic acids is 1. The van der Waals surface area contributed by atoms with Crippen LogP contribution in [0.5, 0.6) is 17.2 Å². The van der Waals surface area contributed by atoms with Crippen molar-refractivity contribution in [2.24, 2.45) is 0 Å². The van der Waals surface area contributed by atoms with Crippen LogP contribution in [0, 0.1) is 0 Å². The van der Waals surface area contributed by atoms with Gasteiger partial charge in [0.25, 0.3) is 0 Å². The van der Waals surface area contributed by atoms with Crippen molar-refractivity contribution in [3.05, 3.63) is 119 Å². The largest absolute Gasteiger partial charge is 0.493 e. The summed E-state index contributed by atoms with van der Waals surface area (Å²) in [6, 6.07) is 25.7. The Kier molecular flexibility index (Phi) is 10.6. The fourth-order valence-electron chi connectivity index (χ4n) is 5.43. The lowest BCUT2D eigenvalue weighted by Gasteiger charge is -2.37. The van der Waals surface area contributed by atoms with Gasteiger partial charge in [-0.05, 0) is 55.5 Å². The van der Waals surface area contributed by atoms with Crippen molar-refractivity contribution >= 4 is 22.8 Å². The van der Waals surface area contributed by atoms with Crippen LogP contribution >= 0.6 is 0 Å². The minimum Gasteiger partial charge on any atom is -0.493 e. The summed E-state index contributed by atoms with van der Waals surface area (Å²) in [5.41, 5.74) is 3.02. The van der Waals surface area contributed by atoms with Crippen LogP contribution in [0.25, 0.3) is 16.8 Å². The smallest absolute Gasteiger partial charge is 0.338 e. The van der Waals surface area contributed by atoms with Crippen molar-refractivity contribution in [1.29, 1.82) is 0 Å². The topological polar surface area (TPSA) is 72.5 Å². The van der Waals surface area contributed by atoms with Crippen LogP contribution in [-0.4, -0.2) is 53.2 Å². The summed E-state index contributed by atoms with van der Waals surface area (Å²) in [6.07, 6.45) is 5.72. The summed E-state index contributed by atoms with van der Waals surface area (Å²) in [6.45, 7) is 8.02. The molecule has 234 valence electrons. The molecule has 0 N–H and O–H groups in total. The standard InChI is InChI=1S/C38H40O7/c1-27(2)26-43-20-12-11-19-42-21-22-44-37(39)33-23-28-24-34(40-3)35(41-4)25-32(28)36-31(33)17-18-38(45-36,29-13-7-5-8-14-29)30-15-9-6-10-16-30/h5-10,13-18,23-25H,1,11-12,19-22,26H2,2-4H3. The first kappa shape index (κ1) is 31.8. The highest BCUT2D eigenvalue weighted by atomic mass is 16.6. The van der Waals surface area contributed by atoms with E-state index in [9.17, 15) is 4.79 Å². The van der Waals surface area contributed by atoms with Gasteiger partial charge in [0, 0.05) is 35.3 Å². The first-order chi connectivity index (χ1) is 22.0. The van der Waals surface area contributed by atoms with Crippen molar-refractivity contribution in [2.75, 3.05) is 47.3 Å². The van der Waals surface area contributed by atoms with Crippen LogP contribution in [0.4, 0.5) is 0 Å². The minimum atomic E-state index is -0.929. The van der Waals surface area contributed by atoms with E-state index in [-0.39, 0.29) is 6.61 Å². The molecule has 0 fully saturated rings. The number of ether oxygens (including phenoxy) is 6. The maximum Gasteiger partial charge on any atom is 0.338 e. The maximum absolute atomic E-state index is 13.6. The third kappa shape index (κ3) is 7.22. The molecule has 0 amide bonds. The number of benzene rings is 4. The number of fused-ring (bicyclic) bond motifs is 3. The Labute approximate surface area is 265 Å². The van der Waals surface area contributed by atoms with E-state index in [1.54, 1.807) is 14.2 Å². The molecule has 1 aliphatic rings. The number of rotatable bonds is 15. The number of methoxy groups -OCH3 is 2. The third-order valence-corrected chi connectivity index (χ3v) is 7.64. The van der Waals surface area contributed by atoms with Crippen molar-refractivity contribution in [3.8, 4) is 17.2 Å². The van der Waals surface area contributed by atoms with Crippen LogP contribution in [0.15, 0.2) is 97.1 Å². The first-order valence-corrected chi connectivity index (χ1v) is 15.2. The van der Waals surface area contributed by atoms with Crippen LogP contribution in [0.1, 0.15) is 46.8 Å². The number of hydrogen-bond donors (Lipinski definition) is 0. The van der Waals surface area contributed by atoms with Gasteiger partial charge < -0.3 is 28.4 Å². The SMILES string of the molecule is C=C(C)COCCCCOCCOC(=O)c1cc2cc(OC)c(OC)cc2c2c1C=CC(c1ccccc1)(c1ccccc1)O2. The molecule has 5 rings (SSSR count). The van der Waals surface area contributed by atoms with E-state index >= 15 is 0 Å². The molecular formula is C38H40O7. The highest BCUT2D eigenvalue weighted by molar-refractivity contribution is 6.04. The average molecular weight is 609 g/mol. The molecule has 7 heteroatoms. The lowest BCUT2D eigenvalue weighted by atomic mass is 9.82. The second kappa shape index (κ2) is 14.9. The van der Waals surface area contributed by atoms with E-state index in [1.165, 1.54) is 0 Å². The minimum absolute atomic E-state index is 0.131. The highest BCUT2D eigenvalue weighted by Crippen LogP contribution is 2.48. The zero-order valence-corrected chi connectivity index (χ0v) is 26.2. The summed E-state index contributed by atoms with van der Waals surface area (Å²) in [4.78, 5) is 13.6. The molecule has 4 aromatic rings. The molecule has 0 unspecified atom stereocenters. The quantitative estimate of drug-likeness (QED) is 0.0776. The van der Waals surface area contributed by atoms with Gasteiger partial charge in [0.1, 0.15) is 12.4 Å². The predicted octanol–water partition coefficient (Wildman–Crippen LogP) is 7.75. The lowest BCUT2D eigenvalue weighted by Crippen LogP contribution is -2.34. The molecule has 0 radical (unpaired) electrons. The molecule has 0 aliphatic carbocycles. The van der Waals surface area contributed by atoms with Crippen LogP contribution in [0.3, 0.4) is 0 Å². The predicted molar refractivity (Wildman–Crippen MR) is 176 cm³/mol. The summed E-state index contributed by atoms with van der Waals surface area (Å²) in [7, 11) is 3.18. The number of esters is 1. The van der Waals surface area contributed by atoms with E-state index < -0.39 is 11.6 Å². The Morgan fingerprint density at radius 2 is 1.42 bits per heavy atom. The monoisotopic (exact) mass is 608 g/mol. The molecule has 1 aliphatic heterocycles. The Hall–Kier alpha value is -4.59. The zero-order chi connectivity index (χ0) is 31.6. The molecule has 0 bridgehead atoms. The fraction of sp³-hybridized carbons (Fsp3) is 0.289. The van der Waals surface area contributed by atoms with Gasteiger partial charge in [-0.25, -0.2) is 4.79 Å². The summed E-state index contributed by atoms with van der Waals surface area (Å²) >= 11 is 0. The Morgan fingerprint density at radius 3 is 2.04 bits per heavy atom. The Balaban J connectivity index is 1.42. The molecule has 0 atom stereocenters. The zero-order valence-electron chi connectivity index (χ0n) is 26.2. The van der Waals surface area contributed by atoms with Gasteiger partial charge in [-0.3, -0.25) is 0 Å². The van der Waals surface area contributed by atoms with E-state index in [0.29, 0.717) is 54.8 Å². The van der Waals surface area contributed by atoms with Crippen LogP contribution in [-0.2, 0) is 19.8 Å². The van der Waals surface area contributed by atoms with E-state index in [2.05, 4.69) is 6.58 Å². The van der Waals surface area contributed by atoms with Gasteiger partial charge in [0.15, 0.2) is 17.1 Å². The summed E-state index contributed by atoms with van der Waals surface area (Å²) in [5, 5.41) is 1.55. The van der Waals surface area contributed by atoms with Crippen LogP contribution < -0.4 is 14.2 Å². The summed E-state index contributed by atoms with van der Waals surface area (Å²) in [5.74, 6) is 1.21. The van der Waals surface area contributed by atoms with Gasteiger partial charge in [-0.15, -0.1) is 0 Å². The molecule has 0 spiro atoms. The molecule has 4 aromatic carbocycles. The lowest BCUT2D eigenvalue weighted by molar-refractivity contribution is 0.0303. The molecule has 7 nitrogen and oxygen atoms in total. The molecule has 1 heterocycles. The van der Waals surface area contributed by atoms with Gasteiger partial charge in [0.05, 0.1) is 33.0 Å². The van der Waals surface area contributed by atoms with Crippen molar-refractivity contribution in [2.45, 2.75) is 25.4 Å². The van der Waals surface area contributed by atoms with Crippen molar-refractivity contribution in [3.63, 3.8) is 0 Å². The highest BCUT2D eigenvalue weighted by Gasteiger charge is 2.39. The van der Waals surface area contributed by atoms with Gasteiger partial charge >= 0.3 is 5.97 Å². The number of hydrogen-bond acceptors (Lipinski definition) is 7. The number of carbonyl (C=O) groups is 1. The van der Waals surface area contributed by atoms with E-state index in [0.717, 1.165) is 40.3 Å². The average Bonchev–Trinajstić information content (AvgIpc) is 3.08. The van der Waals surface area contributed by atoms with Crippen LogP contribution in [0.2, 0.25) is 0 Å². The second-order valence-corrected chi connectivity index (χ2v) is 11.0. The summed E-state index contributed by atoms with van der Waals surface area (Å²) < 4.78 is 35.2. The normalized spacial score (nSPS) is 13.1. The second-order valence-electron chi connectivity index (χ2n) is 11.0. The van der Waals surface area contributed by atoms with E-state index in [1.807, 2.05) is 97.9 Å².